The minimum atomic E-state index is -1.27. The van der Waals surface area contributed by atoms with Crippen LogP contribution in [-0.2, 0) is 5.60 Å². The average molecular weight is 199 g/mol. The van der Waals surface area contributed by atoms with E-state index in [1.807, 2.05) is 0 Å². The molecular weight excluding hydrogens is 188 g/mol. The van der Waals surface area contributed by atoms with Gasteiger partial charge in [0, 0.05) is 11.6 Å². The molecule has 0 spiro atoms. The lowest BCUT2D eigenvalue weighted by Gasteiger charge is -2.42. The topological polar surface area (TPSA) is 46.2 Å². The van der Waals surface area contributed by atoms with Crippen LogP contribution in [0.1, 0.15) is 18.4 Å². The molecule has 0 radical (unpaired) electrons. The van der Waals surface area contributed by atoms with E-state index in [1.54, 1.807) is 0 Å². The van der Waals surface area contributed by atoms with E-state index in [-0.39, 0.29) is 24.4 Å². The third kappa shape index (κ3) is 1.40. The zero-order valence-corrected chi connectivity index (χ0v) is 7.50. The molecule has 1 aromatic rings. The molecule has 1 aliphatic carbocycles. The summed E-state index contributed by atoms with van der Waals surface area (Å²) in [5.74, 6) is -1.13. The van der Waals surface area contributed by atoms with Crippen LogP contribution < -0.4 is 5.73 Å². The van der Waals surface area contributed by atoms with Gasteiger partial charge in [-0.1, -0.05) is 0 Å². The van der Waals surface area contributed by atoms with Gasteiger partial charge in [-0.15, -0.1) is 0 Å². The summed E-state index contributed by atoms with van der Waals surface area (Å²) in [6.07, 6.45) is 0.570. The average Bonchev–Trinajstić information content (AvgIpc) is 2.07. The molecule has 0 amide bonds. The van der Waals surface area contributed by atoms with E-state index in [0.717, 1.165) is 18.2 Å². The maximum atomic E-state index is 13.2. The zero-order valence-electron chi connectivity index (χ0n) is 7.50. The van der Waals surface area contributed by atoms with Crippen LogP contribution in [0.25, 0.3) is 0 Å². The maximum absolute atomic E-state index is 13.2. The predicted molar refractivity (Wildman–Crippen MR) is 47.5 cm³/mol. The third-order valence-electron chi connectivity index (χ3n) is 2.63. The first-order chi connectivity index (χ1) is 6.51. The molecule has 76 valence electrons. The SMILES string of the molecule is NC1CC(O)(c2cc(F)ccc2F)C1. The zero-order chi connectivity index (χ0) is 10.3. The second-order valence-corrected chi connectivity index (χ2v) is 3.82. The van der Waals surface area contributed by atoms with E-state index in [0.29, 0.717) is 0 Å². The van der Waals surface area contributed by atoms with Crippen molar-refractivity contribution in [2.24, 2.45) is 5.73 Å². The number of aliphatic hydroxyl groups is 1. The first kappa shape index (κ1) is 9.55. The van der Waals surface area contributed by atoms with Crippen LogP contribution in [0.2, 0.25) is 0 Å². The van der Waals surface area contributed by atoms with E-state index in [9.17, 15) is 13.9 Å². The van der Waals surface area contributed by atoms with Gasteiger partial charge in [-0.25, -0.2) is 8.78 Å². The second kappa shape index (κ2) is 3.00. The Kier molecular flexibility index (Phi) is 2.05. The van der Waals surface area contributed by atoms with Crippen LogP contribution >= 0.6 is 0 Å². The fourth-order valence-corrected chi connectivity index (χ4v) is 1.88. The summed E-state index contributed by atoms with van der Waals surface area (Å²) < 4.78 is 26.1. The molecule has 3 N–H and O–H groups in total. The first-order valence-electron chi connectivity index (χ1n) is 4.45. The molecule has 2 nitrogen and oxygen atoms in total. The summed E-state index contributed by atoms with van der Waals surface area (Å²) in [5, 5.41) is 9.87. The highest BCUT2D eigenvalue weighted by molar-refractivity contribution is 5.28. The lowest BCUT2D eigenvalue weighted by atomic mass is 9.71. The summed E-state index contributed by atoms with van der Waals surface area (Å²) in [5.41, 5.74) is 4.24. The Hall–Kier alpha value is -1.00. The van der Waals surface area contributed by atoms with Crippen molar-refractivity contribution in [2.45, 2.75) is 24.5 Å². The summed E-state index contributed by atoms with van der Waals surface area (Å²) in [4.78, 5) is 0. The fraction of sp³-hybridized carbons (Fsp3) is 0.400. The molecule has 0 heterocycles. The second-order valence-electron chi connectivity index (χ2n) is 3.82. The largest absolute Gasteiger partial charge is 0.385 e. The van der Waals surface area contributed by atoms with Gasteiger partial charge >= 0.3 is 0 Å². The summed E-state index contributed by atoms with van der Waals surface area (Å²) in [6, 6.07) is 2.96. The standard InChI is InChI=1S/C10H11F2NO/c11-6-1-2-9(12)8(3-6)10(14)4-7(13)5-10/h1-3,7,14H,4-5,13H2. The van der Waals surface area contributed by atoms with E-state index in [2.05, 4.69) is 0 Å². The molecule has 1 aromatic carbocycles. The smallest absolute Gasteiger partial charge is 0.129 e. The quantitative estimate of drug-likeness (QED) is 0.715. The molecule has 0 aliphatic heterocycles. The molecule has 1 fully saturated rings. The van der Waals surface area contributed by atoms with Gasteiger partial charge in [-0.2, -0.15) is 0 Å². The maximum Gasteiger partial charge on any atom is 0.129 e. The van der Waals surface area contributed by atoms with Gasteiger partial charge < -0.3 is 10.8 Å². The Labute approximate surface area is 80.4 Å². The minimum Gasteiger partial charge on any atom is -0.385 e. The van der Waals surface area contributed by atoms with E-state index < -0.39 is 17.2 Å². The summed E-state index contributed by atoms with van der Waals surface area (Å²) in [7, 11) is 0. The van der Waals surface area contributed by atoms with Crippen LogP contribution in [0.5, 0.6) is 0 Å². The molecule has 0 saturated heterocycles. The van der Waals surface area contributed by atoms with Crippen LogP contribution in [0, 0.1) is 11.6 Å². The number of hydrogen-bond acceptors (Lipinski definition) is 2. The van der Waals surface area contributed by atoms with E-state index in [1.165, 1.54) is 0 Å². The molecule has 2 rings (SSSR count). The highest BCUT2D eigenvalue weighted by Crippen LogP contribution is 2.41. The minimum absolute atomic E-state index is 0.0131. The molecule has 0 bridgehead atoms. The Morgan fingerprint density at radius 2 is 2.00 bits per heavy atom. The monoisotopic (exact) mass is 199 g/mol. The van der Waals surface area contributed by atoms with Crippen LogP contribution in [0.3, 0.4) is 0 Å². The summed E-state index contributed by atoms with van der Waals surface area (Å²) >= 11 is 0. The highest BCUT2D eigenvalue weighted by Gasteiger charge is 2.43. The molecule has 14 heavy (non-hydrogen) atoms. The van der Waals surface area contributed by atoms with Crippen molar-refractivity contribution in [3.8, 4) is 0 Å². The van der Waals surface area contributed by atoms with Gasteiger partial charge in [0.15, 0.2) is 0 Å². The molecule has 1 saturated carbocycles. The van der Waals surface area contributed by atoms with Crippen LogP contribution in [0.4, 0.5) is 8.78 Å². The van der Waals surface area contributed by atoms with Gasteiger partial charge in [0.1, 0.15) is 11.6 Å². The van der Waals surface area contributed by atoms with Crippen LogP contribution in [0.15, 0.2) is 18.2 Å². The molecule has 4 heteroatoms. The summed E-state index contributed by atoms with van der Waals surface area (Å²) in [6.45, 7) is 0. The normalized spacial score (nSPS) is 31.3. The first-order valence-corrected chi connectivity index (χ1v) is 4.45. The Bertz CT molecular complexity index is 361. The Balaban J connectivity index is 2.36. The van der Waals surface area contributed by atoms with Crippen molar-refractivity contribution < 1.29 is 13.9 Å². The van der Waals surface area contributed by atoms with E-state index in [4.69, 9.17) is 5.73 Å². The number of rotatable bonds is 1. The number of benzene rings is 1. The van der Waals surface area contributed by atoms with Crippen molar-refractivity contribution in [3.05, 3.63) is 35.4 Å². The molecule has 1 aliphatic rings. The number of hydrogen-bond donors (Lipinski definition) is 2. The Morgan fingerprint density at radius 1 is 1.36 bits per heavy atom. The molecular formula is C10H11F2NO. The van der Waals surface area contributed by atoms with E-state index >= 15 is 0 Å². The third-order valence-corrected chi connectivity index (χ3v) is 2.63. The highest BCUT2D eigenvalue weighted by atomic mass is 19.1. The number of halogens is 2. The van der Waals surface area contributed by atoms with Crippen molar-refractivity contribution >= 4 is 0 Å². The lowest BCUT2D eigenvalue weighted by Crippen LogP contribution is -2.49. The molecule has 0 unspecified atom stereocenters. The number of nitrogens with two attached hydrogens (primary N) is 1. The van der Waals surface area contributed by atoms with Crippen molar-refractivity contribution in [3.63, 3.8) is 0 Å². The van der Waals surface area contributed by atoms with Crippen molar-refractivity contribution in [1.29, 1.82) is 0 Å². The van der Waals surface area contributed by atoms with Gasteiger partial charge in [-0.05, 0) is 31.0 Å². The lowest BCUT2D eigenvalue weighted by molar-refractivity contribution is -0.0551. The van der Waals surface area contributed by atoms with Gasteiger partial charge in [0.25, 0.3) is 0 Å². The van der Waals surface area contributed by atoms with Crippen molar-refractivity contribution in [2.75, 3.05) is 0 Å². The fourth-order valence-electron chi connectivity index (χ4n) is 1.88. The van der Waals surface area contributed by atoms with Gasteiger partial charge in [-0.3, -0.25) is 0 Å². The van der Waals surface area contributed by atoms with Crippen LogP contribution in [-0.4, -0.2) is 11.1 Å². The van der Waals surface area contributed by atoms with Gasteiger partial charge in [0.2, 0.25) is 0 Å². The van der Waals surface area contributed by atoms with Gasteiger partial charge in [0.05, 0.1) is 5.60 Å². The molecule has 0 atom stereocenters. The predicted octanol–water partition coefficient (Wildman–Crippen LogP) is 1.27. The van der Waals surface area contributed by atoms with Crippen molar-refractivity contribution in [1.82, 2.24) is 0 Å². The molecule has 0 aromatic heterocycles. The Morgan fingerprint density at radius 3 is 2.57 bits per heavy atom.